The van der Waals surface area contributed by atoms with Crippen molar-refractivity contribution in [3.63, 3.8) is 0 Å². The van der Waals surface area contributed by atoms with E-state index in [0.29, 0.717) is 5.69 Å². The maximum absolute atomic E-state index is 12.7. The van der Waals surface area contributed by atoms with Crippen molar-refractivity contribution >= 4 is 88.4 Å². The van der Waals surface area contributed by atoms with Crippen LogP contribution < -0.4 is 9.80 Å². The molecule has 1 N–H and O–H groups in total. The summed E-state index contributed by atoms with van der Waals surface area (Å²) in [5.74, 6) is 0.220. The van der Waals surface area contributed by atoms with Gasteiger partial charge in [-0.2, -0.15) is 0 Å². The van der Waals surface area contributed by atoms with Crippen molar-refractivity contribution in [1.82, 2.24) is 0 Å². The molecule has 1 aromatic heterocycles. The first-order chi connectivity index (χ1) is 35.9. The number of rotatable bonds is 11. The van der Waals surface area contributed by atoms with Crippen molar-refractivity contribution in [3.05, 3.63) is 247 Å². The van der Waals surface area contributed by atoms with Gasteiger partial charge in [-0.15, -0.1) is 0 Å². The second-order valence-corrected chi connectivity index (χ2v) is 19.2. The Kier molecular flexibility index (Phi) is 10.8. The van der Waals surface area contributed by atoms with Crippen molar-refractivity contribution in [2.24, 2.45) is 0 Å². The Balaban J connectivity index is 1.02. The van der Waals surface area contributed by atoms with Crippen molar-refractivity contribution in [2.45, 2.75) is 33.6 Å². The van der Waals surface area contributed by atoms with Crippen LogP contribution in [0.2, 0.25) is 0 Å². The first kappa shape index (κ1) is 43.9. The van der Waals surface area contributed by atoms with Crippen molar-refractivity contribution in [3.8, 4) is 39.1 Å². The van der Waals surface area contributed by atoms with Gasteiger partial charge in [0.2, 0.25) is 0 Å². The summed E-state index contributed by atoms with van der Waals surface area (Å²) < 4.78 is 7.11. The smallest absolute Gasteiger partial charge is 0.159 e. The second kappa shape index (κ2) is 17.9. The van der Waals surface area contributed by atoms with E-state index in [1.165, 1.54) is 33.0 Å². The van der Waals surface area contributed by atoms with Crippen molar-refractivity contribution in [2.75, 3.05) is 9.80 Å². The minimum Gasteiger partial charge on any atom is -0.505 e. The SMILES string of the molecule is CCc1ccc(N(c2cccc(-c3cccc(-c4ccccc4C)c3)c2O)c2ccc3ccc4c(N(c5ccc(CC)cc5)c5cccc6c5oc5c(-c7ccccc7)cccc56)ccc5ccc2c3c54)cc1. The van der Waals surface area contributed by atoms with Crippen LogP contribution in [0.25, 0.3) is 87.6 Å². The molecule has 0 amide bonds. The summed E-state index contributed by atoms with van der Waals surface area (Å²) in [6, 6.07) is 82.4. The topological polar surface area (TPSA) is 39.9 Å². The first-order valence-electron chi connectivity index (χ1n) is 25.4. The number of anilines is 6. The van der Waals surface area contributed by atoms with E-state index in [0.717, 1.165) is 113 Å². The Morgan fingerprint density at radius 2 is 0.849 bits per heavy atom. The molecule has 4 heteroatoms. The number of aryl methyl sites for hydroxylation is 3. The van der Waals surface area contributed by atoms with E-state index >= 15 is 0 Å². The Hall–Kier alpha value is -9.12. The molecule has 0 spiro atoms. The van der Waals surface area contributed by atoms with E-state index < -0.39 is 0 Å². The van der Waals surface area contributed by atoms with E-state index in [1.54, 1.807) is 0 Å². The number of fused-ring (bicyclic) bond motifs is 3. The molecule has 0 fully saturated rings. The fourth-order valence-electron chi connectivity index (χ4n) is 11.3. The zero-order valence-corrected chi connectivity index (χ0v) is 41.1. The number of hydrogen-bond acceptors (Lipinski definition) is 4. The van der Waals surface area contributed by atoms with E-state index in [9.17, 15) is 5.11 Å². The van der Waals surface area contributed by atoms with Gasteiger partial charge in [0.05, 0.1) is 22.7 Å². The van der Waals surface area contributed by atoms with E-state index in [2.05, 4.69) is 249 Å². The third kappa shape index (κ3) is 7.37. The van der Waals surface area contributed by atoms with E-state index in [1.807, 2.05) is 12.1 Å². The quantitative estimate of drug-likeness (QED) is 0.131. The number of phenols is 1. The lowest BCUT2D eigenvalue weighted by Gasteiger charge is -2.30. The third-order valence-corrected chi connectivity index (χ3v) is 15.0. The predicted octanol–water partition coefficient (Wildman–Crippen LogP) is 19.6. The lowest BCUT2D eigenvalue weighted by Crippen LogP contribution is -2.12. The van der Waals surface area contributed by atoms with Gasteiger partial charge in [0.15, 0.2) is 5.58 Å². The molecule has 0 aliphatic heterocycles. The Bertz CT molecular complexity index is 4190. The van der Waals surface area contributed by atoms with Crippen LogP contribution in [0.5, 0.6) is 5.75 Å². The van der Waals surface area contributed by atoms with Crippen LogP contribution in [0.1, 0.15) is 30.5 Å². The molecule has 0 saturated carbocycles. The molecule has 350 valence electrons. The second-order valence-electron chi connectivity index (χ2n) is 19.2. The summed E-state index contributed by atoms with van der Waals surface area (Å²) >= 11 is 0. The van der Waals surface area contributed by atoms with Crippen LogP contribution in [-0.2, 0) is 12.8 Å². The molecule has 1 heterocycles. The van der Waals surface area contributed by atoms with Gasteiger partial charge in [0.25, 0.3) is 0 Å². The molecular weight excluding hydrogens is 889 g/mol. The van der Waals surface area contributed by atoms with Gasteiger partial charge in [-0.1, -0.05) is 190 Å². The molecule has 0 radical (unpaired) electrons. The van der Waals surface area contributed by atoms with Gasteiger partial charge in [-0.3, -0.25) is 0 Å². The van der Waals surface area contributed by atoms with Gasteiger partial charge in [0, 0.05) is 44.0 Å². The van der Waals surface area contributed by atoms with Gasteiger partial charge in [-0.25, -0.2) is 0 Å². The average Bonchev–Trinajstić information content (AvgIpc) is 3.84. The number of benzene rings is 12. The normalized spacial score (nSPS) is 11.7. The van der Waals surface area contributed by atoms with Crippen LogP contribution in [0.4, 0.5) is 34.1 Å². The number of hydrogen-bond donors (Lipinski definition) is 1. The highest BCUT2D eigenvalue weighted by Crippen LogP contribution is 2.51. The monoisotopic (exact) mass is 940 g/mol. The molecule has 73 heavy (non-hydrogen) atoms. The third-order valence-electron chi connectivity index (χ3n) is 15.0. The van der Waals surface area contributed by atoms with Crippen LogP contribution >= 0.6 is 0 Å². The Morgan fingerprint density at radius 1 is 0.370 bits per heavy atom. The highest BCUT2D eigenvalue weighted by atomic mass is 16.3. The molecule has 0 bridgehead atoms. The lowest BCUT2D eigenvalue weighted by atomic mass is 9.91. The van der Waals surface area contributed by atoms with Crippen LogP contribution in [-0.4, -0.2) is 5.11 Å². The molecule has 4 nitrogen and oxygen atoms in total. The molecule has 13 rings (SSSR count). The number of aromatic hydroxyl groups is 1. The molecule has 0 aliphatic carbocycles. The lowest BCUT2D eigenvalue weighted by molar-refractivity contribution is 0.478. The Labute approximate surface area is 425 Å². The zero-order valence-electron chi connectivity index (χ0n) is 41.1. The summed E-state index contributed by atoms with van der Waals surface area (Å²) in [7, 11) is 0. The minimum absolute atomic E-state index is 0.220. The van der Waals surface area contributed by atoms with Gasteiger partial charge in [0.1, 0.15) is 11.3 Å². The largest absolute Gasteiger partial charge is 0.505 e. The van der Waals surface area contributed by atoms with Crippen LogP contribution in [0.3, 0.4) is 0 Å². The number of nitrogens with zero attached hydrogens (tertiary/aromatic N) is 2. The van der Waals surface area contributed by atoms with Crippen molar-refractivity contribution < 1.29 is 9.52 Å². The highest BCUT2D eigenvalue weighted by molar-refractivity contribution is 6.28. The molecule has 0 aliphatic rings. The first-order valence-corrected chi connectivity index (χ1v) is 25.4. The van der Waals surface area contributed by atoms with Gasteiger partial charge in [-0.05, 0) is 135 Å². The fraction of sp³-hybridized carbons (Fsp3) is 0.0725. The van der Waals surface area contributed by atoms with Crippen LogP contribution in [0.15, 0.2) is 235 Å². The number of phenolic OH excluding ortho intramolecular Hbond substituents is 1. The van der Waals surface area contributed by atoms with E-state index in [-0.39, 0.29) is 5.75 Å². The fourth-order valence-corrected chi connectivity index (χ4v) is 11.3. The average molecular weight is 941 g/mol. The summed E-state index contributed by atoms with van der Waals surface area (Å²) in [5.41, 5.74) is 17.4. The zero-order chi connectivity index (χ0) is 49.2. The van der Waals surface area contributed by atoms with Crippen LogP contribution in [0, 0.1) is 6.92 Å². The predicted molar refractivity (Wildman–Crippen MR) is 308 cm³/mol. The van der Waals surface area contributed by atoms with Gasteiger partial charge < -0.3 is 19.3 Å². The standard InChI is InChI=1S/C69H52N2O2/c1-4-45-27-35-52(36-28-45)70(63-25-13-21-55(67(63)72)51-19-11-18-50(43-51)54-20-10-9-15-44(54)3)61-41-33-48-32-40-60-62(42-34-49-31-39-59(61)65(48)66(49)60)71(53-37-29-46(5-2)30-38-53)64-26-14-24-58-57-23-12-22-56(68(57)73-69(58)64)47-16-7-6-8-17-47/h6-43,72H,4-5H2,1-3H3. The molecular formula is C69H52N2O2. The number of para-hydroxylation sites is 3. The van der Waals surface area contributed by atoms with Gasteiger partial charge >= 0.3 is 0 Å². The molecule has 0 saturated heterocycles. The van der Waals surface area contributed by atoms with Crippen molar-refractivity contribution in [1.29, 1.82) is 0 Å². The molecule has 12 aromatic carbocycles. The summed E-state index contributed by atoms with van der Waals surface area (Å²) in [4.78, 5) is 4.63. The number of furan rings is 1. The minimum atomic E-state index is 0.220. The maximum atomic E-state index is 12.7. The molecule has 0 atom stereocenters. The summed E-state index contributed by atoms with van der Waals surface area (Å²) in [5, 5.41) is 21.7. The maximum Gasteiger partial charge on any atom is 0.159 e. The summed E-state index contributed by atoms with van der Waals surface area (Å²) in [6.07, 6.45) is 1.88. The molecule has 13 aromatic rings. The summed E-state index contributed by atoms with van der Waals surface area (Å²) in [6.45, 7) is 6.53. The van der Waals surface area contributed by atoms with E-state index in [4.69, 9.17) is 4.42 Å². The molecule has 0 unspecified atom stereocenters. The Morgan fingerprint density at radius 3 is 1.48 bits per heavy atom. The highest BCUT2D eigenvalue weighted by Gasteiger charge is 2.26.